The molecule has 224 valence electrons. The maximum atomic E-state index is 6.40. The predicted molar refractivity (Wildman–Crippen MR) is 198 cm³/mol. The van der Waals surface area contributed by atoms with Crippen molar-refractivity contribution in [3.8, 4) is 16.8 Å². The van der Waals surface area contributed by atoms with E-state index < -0.39 is 0 Å². The Morgan fingerprint density at radius 2 is 1.11 bits per heavy atom. The quantitative estimate of drug-likeness (QED) is 0.186. The molecule has 0 aliphatic rings. The van der Waals surface area contributed by atoms with Gasteiger partial charge in [0.05, 0.1) is 11.0 Å². The van der Waals surface area contributed by atoms with Crippen molar-refractivity contribution in [3.05, 3.63) is 168 Å². The summed E-state index contributed by atoms with van der Waals surface area (Å²) in [5.74, 6) is 0. The van der Waals surface area contributed by atoms with Crippen molar-refractivity contribution >= 4 is 84.0 Å². The van der Waals surface area contributed by atoms with Gasteiger partial charge in [-0.25, -0.2) is 0 Å². The average Bonchev–Trinajstić information content (AvgIpc) is 3.63. The Kier molecular flexibility index (Phi) is 6.56. The zero-order chi connectivity index (χ0) is 31.5. The molecule has 9 aromatic rings. The van der Waals surface area contributed by atoms with Crippen LogP contribution in [0.15, 0.2) is 162 Å². The molecule has 0 aliphatic heterocycles. The minimum Gasteiger partial charge on any atom is -0.456 e. The molecule has 2 heterocycles. The van der Waals surface area contributed by atoms with E-state index in [0.29, 0.717) is 10.0 Å². The number of fused-ring (bicyclic) bond motifs is 6. The molecule has 2 aromatic heterocycles. The van der Waals surface area contributed by atoms with Crippen LogP contribution in [0.25, 0.3) is 60.6 Å². The first kappa shape index (κ1) is 27.8. The third-order valence-corrected chi connectivity index (χ3v) is 9.29. The number of anilines is 3. The lowest BCUT2D eigenvalue weighted by Gasteiger charge is -2.26. The summed E-state index contributed by atoms with van der Waals surface area (Å²) in [6, 6.07) is 54.7. The van der Waals surface area contributed by atoms with Gasteiger partial charge < -0.3 is 13.9 Å². The SMILES string of the molecule is Clc1cc(Cl)cc(-c2ccc3c(c2)c2ccc(N(c4ccccc4)c4ccc5oc6ccccc6c5c4)cc2n3-c2ccccc2)c1. The van der Waals surface area contributed by atoms with E-state index >= 15 is 0 Å². The number of rotatable bonds is 5. The molecule has 0 saturated heterocycles. The summed E-state index contributed by atoms with van der Waals surface area (Å²) in [6.07, 6.45) is 0. The number of halogens is 2. The molecule has 5 heteroatoms. The summed E-state index contributed by atoms with van der Waals surface area (Å²) in [7, 11) is 0. The molecule has 0 atom stereocenters. The topological polar surface area (TPSA) is 21.3 Å². The largest absolute Gasteiger partial charge is 0.456 e. The maximum Gasteiger partial charge on any atom is 0.135 e. The Balaban J connectivity index is 1.29. The molecule has 0 unspecified atom stereocenters. The number of hydrogen-bond donors (Lipinski definition) is 0. The van der Waals surface area contributed by atoms with E-state index in [9.17, 15) is 0 Å². The van der Waals surface area contributed by atoms with Gasteiger partial charge >= 0.3 is 0 Å². The van der Waals surface area contributed by atoms with Crippen molar-refractivity contribution in [1.29, 1.82) is 0 Å². The Morgan fingerprint density at radius 3 is 1.91 bits per heavy atom. The highest BCUT2D eigenvalue weighted by Crippen LogP contribution is 2.42. The van der Waals surface area contributed by atoms with Crippen LogP contribution in [-0.4, -0.2) is 4.57 Å². The van der Waals surface area contributed by atoms with Crippen molar-refractivity contribution in [3.63, 3.8) is 0 Å². The van der Waals surface area contributed by atoms with Gasteiger partial charge in [0.25, 0.3) is 0 Å². The first-order valence-corrected chi connectivity index (χ1v) is 16.2. The van der Waals surface area contributed by atoms with E-state index in [1.54, 1.807) is 6.07 Å². The number of benzene rings is 7. The first-order valence-electron chi connectivity index (χ1n) is 15.5. The van der Waals surface area contributed by atoms with Gasteiger partial charge in [0, 0.05) is 54.3 Å². The average molecular weight is 646 g/mol. The van der Waals surface area contributed by atoms with Crippen LogP contribution in [0.2, 0.25) is 10.0 Å². The van der Waals surface area contributed by atoms with Gasteiger partial charge in [-0.3, -0.25) is 0 Å². The highest BCUT2D eigenvalue weighted by Gasteiger charge is 2.19. The summed E-state index contributed by atoms with van der Waals surface area (Å²) in [5.41, 5.74) is 10.3. The third kappa shape index (κ3) is 4.75. The Hall–Kier alpha value is -5.48. The molecule has 0 N–H and O–H groups in total. The summed E-state index contributed by atoms with van der Waals surface area (Å²) < 4.78 is 8.52. The fraction of sp³-hybridized carbons (Fsp3) is 0. The smallest absolute Gasteiger partial charge is 0.135 e. The van der Waals surface area contributed by atoms with E-state index in [1.165, 1.54) is 0 Å². The van der Waals surface area contributed by atoms with Gasteiger partial charge in [-0.15, -0.1) is 0 Å². The monoisotopic (exact) mass is 644 g/mol. The van der Waals surface area contributed by atoms with Crippen molar-refractivity contribution < 1.29 is 4.42 Å². The van der Waals surface area contributed by atoms with Crippen LogP contribution in [0, 0.1) is 0 Å². The van der Waals surface area contributed by atoms with Crippen molar-refractivity contribution in [2.75, 3.05) is 4.90 Å². The van der Waals surface area contributed by atoms with Gasteiger partial charge in [-0.1, -0.05) is 89.9 Å². The molecule has 0 amide bonds. The lowest BCUT2D eigenvalue weighted by atomic mass is 10.0. The number of furan rings is 1. The van der Waals surface area contributed by atoms with E-state index in [4.69, 9.17) is 27.6 Å². The third-order valence-electron chi connectivity index (χ3n) is 8.85. The number of aromatic nitrogens is 1. The van der Waals surface area contributed by atoms with Gasteiger partial charge in [0.1, 0.15) is 11.2 Å². The van der Waals surface area contributed by atoms with E-state index in [2.05, 4.69) is 137 Å². The van der Waals surface area contributed by atoms with Gasteiger partial charge in [0.15, 0.2) is 0 Å². The highest BCUT2D eigenvalue weighted by atomic mass is 35.5. The first-order chi connectivity index (χ1) is 23.1. The normalized spacial score (nSPS) is 11.6. The van der Waals surface area contributed by atoms with Gasteiger partial charge in [-0.2, -0.15) is 0 Å². The van der Waals surface area contributed by atoms with Crippen LogP contribution in [0.3, 0.4) is 0 Å². The lowest BCUT2D eigenvalue weighted by Crippen LogP contribution is -2.09. The predicted octanol–water partition coefficient (Wildman–Crippen LogP) is 13.1. The molecule has 47 heavy (non-hydrogen) atoms. The molecule has 0 aliphatic carbocycles. The molecule has 0 saturated carbocycles. The fourth-order valence-corrected chi connectivity index (χ4v) is 7.31. The van der Waals surface area contributed by atoms with Crippen LogP contribution < -0.4 is 4.90 Å². The van der Waals surface area contributed by atoms with Crippen LogP contribution in [0.5, 0.6) is 0 Å². The van der Waals surface area contributed by atoms with Crippen LogP contribution >= 0.6 is 23.2 Å². The molecule has 0 radical (unpaired) electrons. The van der Waals surface area contributed by atoms with Crippen LogP contribution in [0.1, 0.15) is 0 Å². The second-order valence-electron chi connectivity index (χ2n) is 11.7. The molecular formula is C42H26Cl2N2O. The van der Waals surface area contributed by atoms with Crippen molar-refractivity contribution in [1.82, 2.24) is 4.57 Å². The summed E-state index contributed by atoms with van der Waals surface area (Å²) in [5, 5.41) is 5.74. The zero-order valence-electron chi connectivity index (χ0n) is 25.1. The van der Waals surface area contributed by atoms with Gasteiger partial charge in [0.2, 0.25) is 0 Å². The molecule has 0 fully saturated rings. The Morgan fingerprint density at radius 1 is 0.426 bits per heavy atom. The summed E-state index contributed by atoms with van der Waals surface area (Å²) in [4.78, 5) is 2.31. The van der Waals surface area contributed by atoms with Gasteiger partial charge in [-0.05, 0) is 102 Å². The van der Waals surface area contributed by atoms with Crippen LogP contribution in [0.4, 0.5) is 17.1 Å². The molecule has 9 rings (SSSR count). The molecule has 0 bridgehead atoms. The molecule has 0 spiro atoms. The second kappa shape index (κ2) is 11.1. The van der Waals surface area contributed by atoms with Crippen LogP contribution in [-0.2, 0) is 0 Å². The highest BCUT2D eigenvalue weighted by molar-refractivity contribution is 6.35. The van der Waals surface area contributed by atoms with Crippen molar-refractivity contribution in [2.24, 2.45) is 0 Å². The zero-order valence-corrected chi connectivity index (χ0v) is 26.6. The second-order valence-corrected chi connectivity index (χ2v) is 12.6. The van der Waals surface area contributed by atoms with E-state index in [1.807, 2.05) is 24.3 Å². The molecular weight excluding hydrogens is 619 g/mol. The lowest BCUT2D eigenvalue weighted by molar-refractivity contribution is 0.669. The Bertz CT molecular complexity index is 2580. The number of para-hydroxylation sites is 3. The number of hydrogen-bond acceptors (Lipinski definition) is 2. The Labute approximate surface area is 281 Å². The summed E-state index contributed by atoms with van der Waals surface area (Å²) in [6.45, 7) is 0. The maximum absolute atomic E-state index is 6.40. The van der Waals surface area contributed by atoms with E-state index in [0.717, 1.165) is 77.6 Å². The van der Waals surface area contributed by atoms with Crippen molar-refractivity contribution in [2.45, 2.75) is 0 Å². The molecule has 7 aromatic carbocycles. The summed E-state index contributed by atoms with van der Waals surface area (Å²) >= 11 is 12.8. The minimum absolute atomic E-state index is 0.617. The number of nitrogens with zero attached hydrogens (tertiary/aromatic N) is 2. The standard InChI is InChI=1S/C42H26Cl2N2O/c43-29-21-28(22-30(44)24-29)27-15-19-39-37(23-27)35-18-16-34(26-40(35)46(39)32-11-5-2-6-12-32)45(31-9-3-1-4-10-31)33-17-20-42-38(25-33)36-13-7-8-14-41(36)47-42/h1-26H. The van der Waals surface area contributed by atoms with E-state index in [-0.39, 0.29) is 0 Å². The minimum atomic E-state index is 0.617. The fourth-order valence-electron chi connectivity index (χ4n) is 6.78. The molecule has 3 nitrogen and oxygen atoms in total.